The molecular formula is C13H26N2O. The van der Waals surface area contributed by atoms with Gasteiger partial charge in [0, 0.05) is 32.3 Å². The van der Waals surface area contributed by atoms with E-state index in [-0.39, 0.29) is 0 Å². The predicted molar refractivity (Wildman–Crippen MR) is 66.7 cm³/mol. The molecule has 3 nitrogen and oxygen atoms in total. The summed E-state index contributed by atoms with van der Waals surface area (Å²) in [5.74, 6) is 0. The molecule has 94 valence electrons. The maximum Gasteiger partial charge on any atom is 0.0472 e. The molecule has 0 aromatic heterocycles. The lowest BCUT2D eigenvalue weighted by atomic mass is 9.79. The van der Waals surface area contributed by atoms with E-state index in [9.17, 15) is 0 Å². The fourth-order valence-electron chi connectivity index (χ4n) is 2.53. The minimum Gasteiger partial charge on any atom is -0.381 e. The maximum absolute atomic E-state index is 5.52. The number of nitrogens with zero attached hydrogens (tertiary/aromatic N) is 1. The van der Waals surface area contributed by atoms with Gasteiger partial charge in [-0.3, -0.25) is 0 Å². The lowest BCUT2D eigenvalue weighted by Gasteiger charge is -2.40. The number of ether oxygens (including phenoxy) is 1. The summed E-state index contributed by atoms with van der Waals surface area (Å²) in [6.45, 7) is 7.68. The van der Waals surface area contributed by atoms with Crippen LogP contribution in [0.2, 0.25) is 0 Å². The van der Waals surface area contributed by atoms with Gasteiger partial charge in [-0.15, -0.1) is 0 Å². The summed E-state index contributed by atoms with van der Waals surface area (Å²) >= 11 is 0. The van der Waals surface area contributed by atoms with Crippen LogP contribution in [0, 0.1) is 5.41 Å². The van der Waals surface area contributed by atoms with Crippen LogP contribution in [-0.4, -0.2) is 50.8 Å². The molecule has 0 unspecified atom stereocenters. The highest BCUT2D eigenvalue weighted by Gasteiger charge is 2.35. The Kier molecular flexibility index (Phi) is 4.22. The summed E-state index contributed by atoms with van der Waals surface area (Å²) in [4.78, 5) is 2.44. The van der Waals surface area contributed by atoms with Crippen LogP contribution in [0.1, 0.15) is 32.6 Å². The first-order chi connectivity index (χ1) is 7.74. The zero-order valence-electron chi connectivity index (χ0n) is 10.8. The Bertz CT molecular complexity index is 210. The number of hydrogen-bond acceptors (Lipinski definition) is 3. The van der Waals surface area contributed by atoms with Crippen molar-refractivity contribution in [2.75, 3.05) is 39.9 Å². The SMILES string of the molecule is CCN(C)CC1(CNC2CC2)CCOCC1. The molecule has 0 amide bonds. The third-order valence-corrected chi connectivity index (χ3v) is 4.04. The summed E-state index contributed by atoms with van der Waals surface area (Å²) in [6.07, 6.45) is 5.21. The molecule has 1 saturated carbocycles. The first kappa shape index (κ1) is 12.3. The second-order valence-electron chi connectivity index (χ2n) is 5.60. The van der Waals surface area contributed by atoms with Gasteiger partial charge in [0.2, 0.25) is 0 Å². The maximum atomic E-state index is 5.52. The molecule has 2 aliphatic rings. The lowest BCUT2D eigenvalue weighted by Crippen LogP contribution is -2.46. The normalized spacial score (nSPS) is 24.9. The average molecular weight is 226 g/mol. The van der Waals surface area contributed by atoms with Crippen molar-refractivity contribution in [1.82, 2.24) is 10.2 Å². The molecule has 0 aromatic rings. The highest BCUT2D eigenvalue weighted by molar-refractivity contribution is 4.90. The third kappa shape index (κ3) is 3.44. The van der Waals surface area contributed by atoms with E-state index in [1.54, 1.807) is 0 Å². The van der Waals surface area contributed by atoms with Gasteiger partial charge in [-0.05, 0) is 44.7 Å². The topological polar surface area (TPSA) is 24.5 Å². The highest BCUT2D eigenvalue weighted by atomic mass is 16.5. The lowest BCUT2D eigenvalue weighted by molar-refractivity contribution is -0.0000989. The molecule has 0 atom stereocenters. The van der Waals surface area contributed by atoms with Crippen molar-refractivity contribution in [1.29, 1.82) is 0 Å². The van der Waals surface area contributed by atoms with Crippen LogP contribution in [0.4, 0.5) is 0 Å². The Morgan fingerprint density at radius 1 is 1.31 bits per heavy atom. The zero-order valence-corrected chi connectivity index (χ0v) is 10.8. The summed E-state index contributed by atoms with van der Waals surface area (Å²) in [5, 5.41) is 3.71. The van der Waals surface area contributed by atoms with Gasteiger partial charge in [-0.25, -0.2) is 0 Å². The molecule has 0 spiro atoms. The average Bonchev–Trinajstić information content (AvgIpc) is 3.11. The van der Waals surface area contributed by atoms with Crippen molar-refractivity contribution in [3.05, 3.63) is 0 Å². The van der Waals surface area contributed by atoms with Crippen molar-refractivity contribution in [3.63, 3.8) is 0 Å². The molecule has 1 heterocycles. The highest BCUT2D eigenvalue weighted by Crippen LogP contribution is 2.32. The fraction of sp³-hybridized carbons (Fsp3) is 1.00. The van der Waals surface area contributed by atoms with Gasteiger partial charge >= 0.3 is 0 Å². The molecule has 1 saturated heterocycles. The number of rotatable bonds is 6. The van der Waals surface area contributed by atoms with Crippen molar-refractivity contribution >= 4 is 0 Å². The van der Waals surface area contributed by atoms with Crippen LogP contribution < -0.4 is 5.32 Å². The van der Waals surface area contributed by atoms with E-state index < -0.39 is 0 Å². The van der Waals surface area contributed by atoms with Gasteiger partial charge in [0.05, 0.1) is 0 Å². The predicted octanol–water partition coefficient (Wildman–Crippen LogP) is 1.49. The molecule has 2 rings (SSSR count). The molecule has 0 bridgehead atoms. The largest absolute Gasteiger partial charge is 0.381 e. The first-order valence-electron chi connectivity index (χ1n) is 6.74. The molecule has 1 aliphatic carbocycles. The molecule has 0 radical (unpaired) electrons. The van der Waals surface area contributed by atoms with Crippen molar-refractivity contribution in [3.8, 4) is 0 Å². The van der Waals surface area contributed by atoms with E-state index in [0.717, 1.165) is 25.8 Å². The Morgan fingerprint density at radius 3 is 2.56 bits per heavy atom. The standard InChI is InChI=1S/C13H26N2O/c1-3-15(2)11-13(6-8-16-9-7-13)10-14-12-4-5-12/h12,14H,3-11H2,1-2H3. The van der Waals surface area contributed by atoms with Gasteiger partial charge < -0.3 is 15.0 Å². The Labute approximate surface area is 99.5 Å². The van der Waals surface area contributed by atoms with Gasteiger partial charge in [0.1, 0.15) is 0 Å². The second-order valence-corrected chi connectivity index (χ2v) is 5.60. The van der Waals surface area contributed by atoms with Gasteiger partial charge in [0.25, 0.3) is 0 Å². The number of hydrogen-bond donors (Lipinski definition) is 1. The molecule has 1 aliphatic heterocycles. The van der Waals surface area contributed by atoms with Crippen molar-refractivity contribution < 1.29 is 4.74 Å². The van der Waals surface area contributed by atoms with Crippen molar-refractivity contribution in [2.24, 2.45) is 5.41 Å². The van der Waals surface area contributed by atoms with Gasteiger partial charge in [-0.2, -0.15) is 0 Å². The summed E-state index contributed by atoms with van der Waals surface area (Å²) in [6, 6.07) is 0.826. The Hall–Kier alpha value is -0.120. The van der Waals surface area contributed by atoms with E-state index in [2.05, 4.69) is 24.2 Å². The van der Waals surface area contributed by atoms with E-state index >= 15 is 0 Å². The van der Waals surface area contributed by atoms with Crippen LogP contribution >= 0.6 is 0 Å². The van der Waals surface area contributed by atoms with Crippen LogP contribution in [0.15, 0.2) is 0 Å². The van der Waals surface area contributed by atoms with Crippen LogP contribution in [-0.2, 0) is 4.74 Å². The molecule has 16 heavy (non-hydrogen) atoms. The van der Waals surface area contributed by atoms with Crippen LogP contribution in [0.3, 0.4) is 0 Å². The number of nitrogens with one attached hydrogen (secondary N) is 1. The Morgan fingerprint density at radius 2 is 2.00 bits per heavy atom. The van der Waals surface area contributed by atoms with E-state index in [0.29, 0.717) is 5.41 Å². The summed E-state index contributed by atoms with van der Waals surface area (Å²) < 4.78 is 5.52. The minimum atomic E-state index is 0.464. The van der Waals surface area contributed by atoms with Crippen LogP contribution in [0.25, 0.3) is 0 Å². The van der Waals surface area contributed by atoms with E-state index in [1.807, 2.05) is 0 Å². The van der Waals surface area contributed by atoms with Crippen LogP contribution in [0.5, 0.6) is 0 Å². The fourth-order valence-corrected chi connectivity index (χ4v) is 2.53. The third-order valence-electron chi connectivity index (χ3n) is 4.04. The minimum absolute atomic E-state index is 0.464. The van der Waals surface area contributed by atoms with Gasteiger partial charge in [0.15, 0.2) is 0 Å². The monoisotopic (exact) mass is 226 g/mol. The smallest absolute Gasteiger partial charge is 0.0472 e. The molecular weight excluding hydrogens is 200 g/mol. The second kappa shape index (κ2) is 5.48. The zero-order chi connectivity index (χ0) is 11.4. The van der Waals surface area contributed by atoms with E-state index in [4.69, 9.17) is 4.74 Å². The quantitative estimate of drug-likeness (QED) is 0.742. The Balaban J connectivity index is 1.86. The molecule has 2 fully saturated rings. The van der Waals surface area contributed by atoms with Gasteiger partial charge in [-0.1, -0.05) is 6.92 Å². The van der Waals surface area contributed by atoms with Crippen molar-refractivity contribution in [2.45, 2.75) is 38.6 Å². The summed E-state index contributed by atoms with van der Waals surface area (Å²) in [5.41, 5.74) is 0.464. The first-order valence-corrected chi connectivity index (χ1v) is 6.74. The molecule has 0 aromatic carbocycles. The van der Waals surface area contributed by atoms with E-state index in [1.165, 1.54) is 38.8 Å². The summed E-state index contributed by atoms with van der Waals surface area (Å²) in [7, 11) is 2.23. The molecule has 3 heteroatoms. The molecule has 1 N–H and O–H groups in total.